The van der Waals surface area contributed by atoms with E-state index in [1.54, 1.807) is 12.1 Å². The quantitative estimate of drug-likeness (QED) is 0.657. The minimum absolute atomic E-state index is 0.167. The Labute approximate surface area is 140 Å². The van der Waals surface area contributed by atoms with Crippen LogP contribution in [0, 0.1) is 0 Å². The number of anilines is 1. The zero-order valence-electron chi connectivity index (χ0n) is 12.8. The number of halogens is 3. The van der Waals surface area contributed by atoms with Gasteiger partial charge in [-0.15, -0.1) is 0 Å². The molecule has 0 aliphatic carbocycles. The second-order valence-corrected chi connectivity index (χ2v) is 5.19. The van der Waals surface area contributed by atoms with Gasteiger partial charge in [0.15, 0.2) is 0 Å². The Hall–Kier alpha value is -3.16. The second kappa shape index (κ2) is 6.76. The lowest BCUT2D eigenvalue weighted by Gasteiger charge is -2.17. The van der Waals surface area contributed by atoms with Gasteiger partial charge in [0, 0.05) is 11.3 Å². The van der Waals surface area contributed by atoms with Gasteiger partial charge in [-0.3, -0.25) is 4.79 Å². The standard InChI is InChI=1S/C17H12F3N3O2/c18-17(19,20)16-21-15(22-25-16)13-6-8-14(9-7-13)23(11-24)10-12-4-2-1-3-5-12/h1-9,11H,10H2. The molecule has 0 unspecified atom stereocenters. The first-order valence-electron chi connectivity index (χ1n) is 7.24. The van der Waals surface area contributed by atoms with E-state index in [4.69, 9.17) is 0 Å². The van der Waals surface area contributed by atoms with Crippen molar-refractivity contribution < 1.29 is 22.5 Å². The monoisotopic (exact) mass is 347 g/mol. The molecule has 0 saturated heterocycles. The van der Waals surface area contributed by atoms with Crippen molar-refractivity contribution in [3.8, 4) is 11.4 Å². The summed E-state index contributed by atoms with van der Waals surface area (Å²) < 4.78 is 41.7. The van der Waals surface area contributed by atoms with Crippen LogP contribution in [0.2, 0.25) is 0 Å². The molecule has 0 saturated carbocycles. The molecule has 3 rings (SSSR count). The Morgan fingerprint density at radius 2 is 1.72 bits per heavy atom. The minimum Gasteiger partial charge on any atom is -0.329 e. The fraction of sp³-hybridized carbons (Fsp3) is 0.118. The Bertz CT molecular complexity index is 846. The van der Waals surface area contributed by atoms with Gasteiger partial charge in [0.2, 0.25) is 12.2 Å². The van der Waals surface area contributed by atoms with E-state index in [9.17, 15) is 18.0 Å². The lowest BCUT2D eigenvalue weighted by atomic mass is 10.1. The molecule has 0 aliphatic heterocycles. The molecule has 2 aromatic carbocycles. The van der Waals surface area contributed by atoms with Crippen molar-refractivity contribution in [2.45, 2.75) is 12.7 Å². The van der Waals surface area contributed by atoms with E-state index in [2.05, 4.69) is 14.7 Å². The highest BCUT2D eigenvalue weighted by molar-refractivity contribution is 5.76. The topological polar surface area (TPSA) is 59.2 Å². The van der Waals surface area contributed by atoms with E-state index in [0.717, 1.165) is 5.56 Å². The van der Waals surface area contributed by atoms with Crippen molar-refractivity contribution in [2.24, 2.45) is 0 Å². The van der Waals surface area contributed by atoms with Gasteiger partial charge >= 0.3 is 12.1 Å². The highest BCUT2D eigenvalue weighted by Gasteiger charge is 2.38. The molecule has 0 radical (unpaired) electrons. The normalized spacial score (nSPS) is 11.3. The van der Waals surface area contributed by atoms with E-state index in [0.29, 0.717) is 24.2 Å². The molecule has 3 aromatic rings. The average Bonchev–Trinajstić information content (AvgIpc) is 3.11. The first kappa shape index (κ1) is 16.7. The summed E-state index contributed by atoms with van der Waals surface area (Å²) in [7, 11) is 0. The van der Waals surface area contributed by atoms with Gasteiger partial charge in [0.1, 0.15) is 0 Å². The van der Waals surface area contributed by atoms with Crippen molar-refractivity contribution in [2.75, 3.05) is 4.90 Å². The molecule has 0 fully saturated rings. The summed E-state index contributed by atoms with van der Waals surface area (Å²) >= 11 is 0. The third-order valence-electron chi connectivity index (χ3n) is 3.45. The molecule has 5 nitrogen and oxygen atoms in total. The third-order valence-corrected chi connectivity index (χ3v) is 3.45. The van der Waals surface area contributed by atoms with Crippen molar-refractivity contribution >= 4 is 12.1 Å². The van der Waals surface area contributed by atoms with E-state index < -0.39 is 12.1 Å². The molecule has 8 heteroatoms. The van der Waals surface area contributed by atoms with Crippen LogP contribution in [0.5, 0.6) is 0 Å². The number of hydrogen-bond acceptors (Lipinski definition) is 4. The van der Waals surface area contributed by atoms with Gasteiger partial charge in [0.05, 0.1) is 6.54 Å². The Morgan fingerprint density at radius 3 is 2.28 bits per heavy atom. The summed E-state index contributed by atoms with van der Waals surface area (Å²) in [6.07, 6.45) is -3.99. The van der Waals surface area contributed by atoms with Crippen LogP contribution in [0.4, 0.5) is 18.9 Å². The number of rotatable bonds is 5. The summed E-state index contributed by atoms with van der Waals surface area (Å²) in [5, 5.41) is 3.33. The Balaban J connectivity index is 1.79. The maximum absolute atomic E-state index is 12.5. The maximum Gasteiger partial charge on any atom is 0.471 e. The lowest BCUT2D eigenvalue weighted by Crippen LogP contribution is -2.20. The van der Waals surface area contributed by atoms with Crippen molar-refractivity contribution in [1.29, 1.82) is 0 Å². The summed E-state index contributed by atoms with van der Waals surface area (Å²) in [6, 6.07) is 15.7. The van der Waals surface area contributed by atoms with Crippen molar-refractivity contribution in [1.82, 2.24) is 10.1 Å². The number of carbonyl (C=O) groups excluding carboxylic acids is 1. The molecule has 0 aliphatic rings. The maximum atomic E-state index is 12.5. The van der Waals surface area contributed by atoms with E-state index in [1.807, 2.05) is 30.3 Å². The second-order valence-electron chi connectivity index (χ2n) is 5.19. The van der Waals surface area contributed by atoms with Gasteiger partial charge in [-0.1, -0.05) is 35.5 Å². The van der Waals surface area contributed by atoms with E-state index >= 15 is 0 Å². The lowest BCUT2D eigenvalue weighted by molar-refractivity contribution is -0.159. The van der Waals surface area contributed by atoms with Gasteiger partial charge in [0.25, 0.3) is 0 Å². The zero-order chi connectivity index (χ0) is 17.9. The molecule has 1 heterocycles. The average molecular weight is 347 g/mol. The zero-order valence-corrected chi connectivity index (χ0v) is 12.8. The number of nitrogens with zero attached hydrogens (tertiary/aromatic N) is 3. The van der Waals surface area contributed by atoms with E-state index in [-0.39, 0.29) is 5.82 Å². The number of benzene rings is 2. The molecule has 128 valence electrons. The summed E-state index contributed by atoms with van der Waals surface area (Å²) in [5.74, 6) is -1.57. The number of aromatic nitrogens is 2. The van der Waals surface area contributed by atoms with Gasteiger partial charge in [-0.05, 0) is 29.8 Å². The number of hydrogen-bond donors (Lipinski definition) is 0. The summed E-state index contributed by atoms with van der Waals surface area (Å²) in [6.45, 7) is 0.379. The SMILES string of the molecule is O=CN(Cc1ccccc1)c1ccc(-c2noc(C(F)(F)F)n2)cc1. The van der Waals surface area contributed by atoms with Gasteiger partial charge in [-0.2, -0.15) is 18.2 Å². The Morgan fingerprint density at radius 1 is 1.04 bits per heavy atom. The van der Waals surface area contributed by atoms with Crippen LogP contribution in [0.3, 0.4) is 0 Å². The largest absolute Gasteiger partial charge is 0.471 e. The molecule has 1 amide bonds. The summed E-state index contributed by atoms with van der Waals surface area (Å²) in [4.78, 5) is 16.2. The molecule has 25 heavy (non-hydrogen) atoms. The molecule has 0 bridgehead atoms. The fourth-order valence-corrected chi connectivity index (χ4v) is 2.23. The molecule has 0 spiro atoms. The highest BCUT2D eigenvalue weighted by Crippen LogP contribution is 2.29. The number of amides is 1. The fourth-order valence-electron chi connectivity index (χ4n) is 2.23. The number of alkyl halides is 3. The van der Waals surface area contributed by atoms with Crippen LogP contribution in [-0.2, 0) is 17.5 Å². The predicted octanol–water partition coefficient (Wildman–Crippen LogP) is 3.92. The highest BCUT2D eigenvalue weighted by atomic mass is 19.4. The van der Waals surface area contributed by atoms with Crippen molar-refractivity contribution in [3.05, 3.63) is 66.1 Å². The van der Waals surface area contributed by atoms with Crippen LogP contribution >= 0.6 is 0 Å². The van der Waals surface area contributed by atoms with Crippen LogP contribution in [0.1, 0.15) is 11.5 Å². The van der Waals surface area contributed by atoms with Gasteiger partial charge in [-0.25, -0.2) is 0 Å². The predicted molar refractivity (Wildman–Crippen MR) is 83.4 cm³/mol. The summed E-state index contributed by atoms with van der Waals surface area (Å²) in [5.41, 5.74) is 1.90. The first-order chi connectivity index (χ1) is 12.0. The molecule has 0 N–H and O–H groups in total. The van der Waals surface area contributed by atoms with Crippen LogP contribution in [-0.4, -0.2) is 16.6 Å². The van der Waals surface area contributed by atoms with Crippen molar-refractivity contribution in [3.63, 3.8) is 0 Å². The van der Waals surface area contributed by atoms with Gasteiger partial charge < -0.3 is 9.42 Å². The molecular weight excluding hydrogens is 335 g/mol. The first-order valence-corrected chi connectivity index (χ1v) is 7.24. The molecule has 1 aromatic heterocycles. The molecule has 0 atom stereocenters. The third kappa shape index (κ3) is 3.85. The number of carbonyl (C=O) groups is 1. The Kier molecular flexibility index (Phi) is 4.51. The van der Waals surface area contributed by atoms with Crippen LogP contribution < -0.4 is 4.90 Å². The molecular formula is C17H12F3N3O2. The van der Waals surface area contributed by atoms with Crippen LogP contribution in [0.15, 0.2) is 59.1 Å². The van der Waals surface area contributed by atoms with E-state index in [1.165, 1.54) is 17.0 Å². The minimum atomic E-state index is -4.69. The van der Waals surface area contributed by atoms with Crippen LogP contribution in [0.25, 0.3) is 11.4 Å². The smallest absolute Gasteiger partial charge is 0.329 e.